The van der Waals surface area contributed by atoms with Crippen LogP contribution < -0.4 is 15.0 Å². The van der Waals surface area contributed by atoms with Gasteiger partial charge in [0.1, 0.15) is 11.4 Å². The number of methoxy groups -OCH3 is 1. The molecule has 12 heteroatoms. The van der Waals surface area contributed by atoms with Crippen LogP contribution in [0.5, 0.6) is 17.5 Å². The van der Waals surface area contributed by atoms with E-state index in [-0.39, 0.29) is 28.7 Å². The van der Waals surface area contributed by atoms with E-state index >= 15 is 0 Å². The molecule has 0 spiro atoms. The van der Waals surface area contributed by atoms with Gasteiger partial charge in [-0.2, -0.15) is 9.78 Å². The maximum atomic E-state index is 14.4. The average Bonchev–Trinajstić information content (AvgIpc) is 3.57. The molecule has 0 saturated heterocycles. The number of hydrogen-bond donors (Lipinski definition) is 2. The first-order valence-corrected chi connectivity index (χ1v) is 13.2. The minimum absolute atomic E-state index is 0.0122. The van der Waals surface area contributed by atoms with Crippen LogP contribution in [0.15, 0.2) is 83.9 Å². The van der Waals surface area contributed by atoms with Crippen LogP contribution >= 0.6 is 0 Å². The number of aromatic nitrogens is 5. The zero-order valence-electron chi connectivity index (χ0n) is 22.8. The fraction of sp³-hybridized carbons (Fsp3) is 0.0968. The van der Waals surface area contributed by atoms with Crippen molar-refractivity contribution in [3.05, 3.63) is 128 Å². The highest BCUT2D eigenvalue weighted by molar-refractivity contribution is 6.11. The van der Waals surface area contributed by atoms with Gasteiger partial charge in [-0.3, -0.25) is 19.7 Å². The lowest BCUT2D eigenvalue weighted by Gasteiger charge is -2.25. The molecule has 4 heterocycles. The molecule has 12 nitrogen and oxygen atoms in total. The maximum absolute atomic E-state index is 14.4. The van der Waals surface area contributed by atoms with Gasteiger partial charge in [0.2, 0.25) is 11.8 Å². The number of ether oxygens (including phenoxy) is 2. The number of H-pyrrole nitrogens is 2. The van der Waals surface area contributed by atoms with Crippen molar-refractivity contribution in [2.45, 2.75) is 12.8 Å². The lowest BCUT2D eigenvalue weighted by Crippen LogP contribution is -2.25. The van der Waals surface area contributed by atoms with Crippen molar-refractivity contribution >= 4 is 22.5 Å². The minimum Gasteiger partial charge on any atom is -0.497 e. The molecule has 0 radical (unpaired) electrons. The van der Waals surface area contributed by atoms with Crippen LogP contribution in [0.2, 0.25) is 0 Å². The molecule has 2 N–H and O–H groups in total. The zero-order chi connectivity index (χ0) is 29.8. The number of non-ortho nitro benzene ring substituents is 1. The molecule has 0 saturated carbocycles. The number of carbonyl (C=O) groups excluding carboxylic acids is 1. The van der Waals surface area contributed by atoms with E-state index in [1.807, 2.05) is 42.5 Å². The number of nitro groups is 1. The second kappa shape index (κ2) is 9.80. The monoisotopic (exact) mass is 574 g/mol. The van der Waals surface area contributed by atoms with E-state index in [0.29, 0.717) is 28.1 Å². The summed E-state index contributed by atoms with van der Waals surface area (Å²) in [7, 11) is 1.58. The van der Waals surface area contributed by atoms with Crippen LogP contribution in [0.3, 0.4) is 0 Å². The van der Waals surface area contributed by atoms with Gasteiger partial charge in [-0.15, -0.1) is 0 Å². The first kappa shape index (κ1) is 25.9. The predicted octanol–water partition coefficient (Wildman–Crippen LogP) is 5.31. The van der Waals surface area contributed by atoms with E-state index < -0.39 is 22.3 Å². The molecule has 1 aliphatic heterocycles. The summed E-state index contributed by atoms with van der Waals surface area (Å²) < 4.78 is 12.8. The average molecular weight is 575 g/mol. The minimum atomic E-state index is -0.751. The van der Waals surface area contributed by atoms with Crippen molar-refractivity contribution in [2.24, 2.45) is 0 Å². The fourth-order valence-electron chi connectivity index (χ4n) is 5.64. The maximum Gasteiger partial charge on any atom is 0.298 e. The summed E-state index contributed by atoms with van der Waals surface area (Å²) in [4.78, 5) is 48.3. The zero-order valence-corrected chi connectivity index (χ0v) is 22.8. The molecule has 0 amide bonds. The molecule has 0 bridgehead atoms. The Balaban J connectivity index is 1.43. The topological polar surface area (TPSA) is 158 Å². The van der Waals surface area contributed by atoms with Crippen molar-refractivity contribution in [1.29, 1.82) is 0 Å². The molecule has 7 rings (SSSR count). The Morgan fingerprint density at radius 1 is 1.07 bits per heavy atom. The molecule has 6 aromatic rings. The Kier molecular flexibility index (Phi) is 5.90. The quantitative estimate of drug-likeness (QED) is 0.207. The van der Waals surface area contributed by atoms with Gasteiger partial charge in [0.25, 0.3) is 17.2 Å². The molecule has 3 aromatic heterocycles. The molecule has 1 unspecified atom stereocenters. The highest BCUT2D eigenvalue weighted by Crippen LogP contribution is 2.47. The van der Waals surface area contributed by atoms with Gasteiger partial charge in [0, 0.05) is 28.6 Å². The first-order chi connectivity index (χ1) is 20.9. The van der Waals surface area contributed by atoms with Gasteiger partial charge < -0.3 is 19.4 Å². The fourth-order valence-corrected chi connectivity index (χ4v) is 5.64. The van der Waals surface area contributed by atoms with E-state index in [4.69, 9.17) is 9.47 Å². The summed E-state index contributed by atoms with van der Waals surface area (Å²) in [6, 6.07) is 20.9. The molecule has 0 aliphatic carbocycles. The number of aromatic amines is 2. The summed E-state index contributed by atoms with van der Waals surface area (Å²) in [5, 5.41) is 16.7. The molecule has 43 heavy (non-hydrogen) atoms. The number of fused-ring (bicyclic) bond motifs is 3. The summed E-state index contributed by atoms with van der Waals surface area (Å²) in [6.45, 7) is 1.72. The van der Waals surface area contributed by atoms with Crippen LogP contribution in [0.1, 0.15) is 38.8 Å². The van der Waals surface area contributed by atoms with Crippen molar-refractivity contribution in [2.75, 3.05) is 7.11 Å². The van der Waals surface area contributed by atoms with E-state index in [1.54, 1.807) is 32.2 Å². The Hall–Kier alpha value is -6.04. The second-order valence-electron chi connectivity index (χ2n) is 10.0. The lowest BCUT2D eigenvalue weighted by atomic mass is 9.84. The number of rotatable bonds is 5. The van der Waals surface area contributed by atoms with Gasteiger partial charge in [-0.25, -0.2) is 4.98 Å². The van der Waals surface area contributed by atoms with Crippen molar-refractivity contribution in [1.82, 2.24) is 24.7 Å². The third-order valence-corrected chi connectivity index (χ3v) is 7.60. The van der Waals surface area contributed by atoms with Gasteiger partial charge >= 0.3 is 0 Å². The van der Waals surface area contributed by atoms with Crippen molar-refractivity contribution in [3.8, 4) is 28.6 Å². The van der Waals surface area contributed by atoms with Crippen LogP contribution in [-0.2, 0) is 0 Å². The van der Waals surface area contributed by atoms with Gasteiger partial charge in [0.15, 0.2) is 0 Å². The first-order valence-electron chi connectivity index (χ1n) is 13.2. The standard InChI is InChI=1S/C31H22N6O6/c1-16-23-25(18-8-10-19(11-9-18)37(40)41)26-28(38)32-15-33-29(26)43-31(23)36(35-16)30(39)27-24(17-6-4-3-5-7-17)21-14-20(42-2)12-13-22(21)34-27/h3-15,25,34H,1-2H3,(H,32,33,38). The van der Waals surface area contributed by atoms with Gasteiger partial charge in [0.05, 0.1) is 41.1 Å². The molecular formula is C31H22N6O6. The highest BCUT2D eigenvalue weighted by atomic mass is 16.6. The van der Waals surface area contributed by atoms with Crippen LogP contribution in [0, 0.1) is 17.0 Å². The number of carbonyl (C=O) groups is 1. The smallest absolute Gasteiger partial charge is 0.298 e. The normalized spacial score (nSPS) is 13.7. The summed E-state index contributed by atoms with van der Waals surface area (Å²) in [5.41, 5.74) is 3.66. The number of aryl methyl sites for hydroxylation is 1. The van der Waals surface area contributed by atoms with Gasteiger partial charge in [-0.05, 0) is 36.2 Å². The van der Waals surface area contributed by atoms with Gasteiger partial charge in [-0.1, -0.05) is 42.5 Å². The van der Waals surface area contributed by atoms with Crippen LogP contribution in [-0.4, -0.2) is 42.7 Å². The SMILES string of the molecule is COc1ccc2[nH]c(C(=O)n3nc(C)c4c3Oc3nc[nH]c(=O)c3C4c3ccc([N+](=O)[O-])cc3)c(-c3ccccc3)c2c1. The predicted molar refractivity (Wildman–Crippen MR) is 156 cm³/mol. The van der Waals surface area contributed by atoms with E-state index in [1.165, 1.54) is 23.1 Å². The Morgan fingerprint density at radius 3 is 2.56 bits per heavy atom. The van der Waals surface area contributed by atoms with Crippen molar-refractivity contribution < 1.29 is 19.2 Å². The Morgan fingerprint density at radius 2 is 1.84 bits per heavy atom. The van der Waals surface area contributed by atoms with Crippen LogP contribution in [0.25, 0.3) is 22.0 Å². The van der Waals surface area contributed by atoms with E-state index in [2.05, 4.69) is 20.1 Å². The van der Waals surface area contributed by atoms with Crippen molar-refractivity contribution in [3.63, 3.8) is 0 Å². The third-order valence-electron chi connectivity index (χ3n) is 7.60. The molecular weight excluding hydrogens is 552 g/mol. The largest absolute Gasteiger partial charge is 0.497 e. The molecule has 1 aliphatic rings. The number of nitro benzene ring substituents is 1. The summed E-state index contributed by atoms with van der Waals surface area (Å²) in [5.74, 6) is -0.490. The van der Waals surface area contributed by atoms with E-state index in [9.17, 15) is 19.7 Å². The Bertz CT molecular complexity index is 2130. The molecule has 1 atom stereocenters. The second-order valence-corrected chi connectivity index (χ2v) is 10.0. The van der Waals surface area contributed by atoms with Crippen LogP contribution in [0.4, 0.5) is 5.69 Å². The number of nitrogens with zero attached hydrogens (tertiary/aromatic N) is 4. The lowest BCUT2D eigenvalue weighted by molar-refractivity contribution is -0.384. The number of nitrogens with one attached hydrogen (secondary N) is 2. The number of benzene rings is 3. The summed E-state index contributed by atoms with van der Waals surface area (Å²) >= 11 is 0. The number of hydrogen-bond acceptors (Lipinski definition) is 8. The third kappa shape index (κ3) is 4.07. The Labute approximate surface area is 242 Å². The van der Waals surface area contributed by atoms with E-state index in [0.717, 1.165) is 16.5 Å². The summed E-state index contributed by atoms with van der Waals surface area (Å²) in [6.07, 6.45) is 1.22. The highest BCUT2D eigenvalue weighted by Gasteiger charge is 2.39. The molecule has 3 aromatic carbocycles. The molecule has 212 valence electrons. The molecule has 0 fully saturated rings.